The fraction of sp³-hybridized carbons (Fsp3) is 0.769. The quantitative estimate of drug-likeness (QED) is 0.828. The second-order valence-corrected chi connectivity index (χ2v) is 5.29. The molecule has 3 nitrogen and oxygen atoms in total. The highest BCUT2D eigenvalue weighted by molar-refractivity contribution is 5.13. The molecule has 2 aliphatic rings. The second-order valence-electron chi connectivity index (χ2n) is 5.29. The molecule has 1 N–H and O–H groups in total. The molecule has 1 aromatic rings. The zero-order chi connectivity index (χ0) is 11.0. The van der Waals surface area contributed by atoms with Crippen molar-refractivity contribution in [1.29, 1.82) is 0 Å². The normalized spacial score (nSPS) is 25.9. The topological polar surface area (TPSA) is 38.1 Å². The minimum atomic E-state index is 0.321. The summed E-state index contributed by atoms with van der Waals surface area (Å²) in [4.78, 5) is 4.63. The second kappa shape index (κ2) is 4.21. The smallest absolute Gasteiger partial charge is 0.111 e. The minimum Gasteiger partial charge on any atom is -0.396 e. The van der Waals surface area contributed by atoms with E-state index >= 15 is 0 Å². The van der Waals surface area contributed by atoms with E-state index in [9.17, 15) is 5.11 Å². The number of hydrogen-bond acceptors (Lipinski definition) is 2. The number of aryl methyl sites for hydroxylation is 1. The van der Waals surface area contributed by atoms with Crippen molar-refractivity contribution in [1.82, 2.24) is 9.55 Å². The molecule has 0 saturated heterocycles. The van der Waals surface area contributed by atoms with Crippen molar-refractivity contribution < 1.29 is 5.11 Å². The zero-order valence-electron chi connectivity index (χ0n) is 9.73. The van der Waals surface area contributed by atoms with Gasteiger partial charge in [0, 0.05) is 36.9 Å². The Morgan fingerprint density at radius 1 is 1.31 bits per heavy atom. The molecule has 0 radical (unpaired) electrons. The predicted molar refractivity (Wildman–Crippen MR) is 62.3 cm³/mol. The van der Waals surface area contributed by atoms with E-state index in [1.165, 1.54) is 37.2 Å². The summed E-state index contributed by atoms with van der Waals surface area (Å²) in [5, 5.41) is 9.28. The van der Waals surface area contributed by atoms with E-state index in [1.807, 2.05) is 0 Å². The highest BCUT2D eigenvalue weighted by atomic mass is 16.3. The summed E-state index contributed by atoms with van der Waals surface area (Å²) >= 11 is 0. The van der Waals surface area contributed by atoms with Gasteiger partial charge >= 0.3 is 0 Å². The first-order valence-electron chi connectivity index (χ1n) is 6.53. The molecule has 1 fully saturated rings. The van der Waals surface area contributed by atoms with Gasteiger partial charge in [-0.3, -0.25) is 0 Å². The minimum absolute atomic E-state index is 0.321. The maximum atomic E-state index is 9.28. The summed E-state index contributed by atoms with van der Waals surface area (Å²) in [7, 11) is 0. The summed E-state index contributed by atoms with van der Waals surface area (Å²) in [6.45, 7) is 1.30. The molecule has 0 amide bonds. The highest BCUT2D eigenvalue weighted by Gasteiger charge is 2.26. The molecular weight excluding hydrogens is 200 g/mol. The number of hydrogen-bond donors (Lipinski definition) is 1. The van der Waals surface area contributed by atoms with Crippen molar-refractivity contribution in [2.24, 2.45) is 5.92 Å². The first-order chi connectivity index (χ1) is 7.88. The van der Waals surface area contributed by atoms with Gasteiger partial charge in [0.15, 0.2) is 0 Å². The standard InChI is InChI=1S/C13H20N2O/c16-9-10-5-6-12-7-14-13(15(12)8-10)11-3-1-2-4-11/h7,10-11,16H,1-6,8-9H2. The van der Waals surface area contributed by atoms with Crippen LogP contribution in [0.25, 0.3) is 0 Å². The number of imidazole rings is 1. The van der Waals surface area contributed by atoms with Gasteiger partial charge < -0.3 is 9.67 Å². The summed E-state index contributed by atoms with van der Waals surface area (Å²) in [6, 6.07) is 0. The maximum Gasteiger partial charge on any atom is 0.111 e. The lowest BCUT2D eigenvalue weighted by Crippen LogP contribution is -2.24. The van der Waals surface area contributed by atoms with E-state index in [-0.39, 0.29) is 0 Å². The number of nitrogens with zero attached hydrogens (tertiary/aromatic N) is 2. The molecule has 1 atom stereocenters. The molecule has 3 heteroatoms. The van der Waals surface area contributed by atoms with Crippen LogP contribution in [-0.4, -0.2) is 21.3 Å². The van der Waals surface area contributed by atoms with Gasteiger partial charge in [-0.15, -0.1) is 0 Å². The van der Waals surface area contributed by atoms with Gasteiger partial charge in [0.05, 0.1) is 0 Å². The average Bonchev–Trinajstić information content (AvgIpc) is 2.96. The van der Waals surface area contributed by atoms with E-state index < -0.39 is 0 Å². The monoisotopic (exact) mass is 220 g/mol. The van der Waals surface area contributed by atoms with Crippen molar-refractivity contribution in [2.75, 3.05) is 6.61 Å². The van der Waals surface area contributed by atoms with Crippen molar-refractivity contribution in [2.45, 2.75) is 51.0 Å². The highest BCUT2D eigenvalue weighted by Crippen LogP contribution is 2.35. The van der Waals surface area contributed by atoms with Crippen LogP contribution in [-0.2, 0) is 13.0 Å². The largest absolute Gasteiger partial charge is 0.396 e. The van der Waals surface area contributed by atoms with E-state index in [0.29, 0.717) is 18.4 Å². The Morgan fingerprint density at radius 2 is 2.12 bits per heavy atom. The third-order valence-electron chi connectivity index (χ3n) is 4.20. The molecule has 2 heterocycles. The van der Waals surface area contributed by atoms with Crippen molar-refractivity contribution in [3.8, 4) is 0 Å². The summed E-state index contributed by atoms with van der Waals surface area (Å²) in [5.74, 6) is 2.43. The molecule has 0 bridgehead atoms. The zero-order valence-corrected chi connectivity index (χ0v) is 9.73. The van der Waals surface area contributed by atoms with Crippen LogP contribution in [0.4, 0.5) is 0 Å². The summed E-state index contributed by atoms with van der Waals surface area (Å²) < 4.78 is 2.39. The van der Waals surface area contributed by atoms with Crippen LogP contribution < -0.4 is 0 Å². The molecule has 0 spiro atoms. The Labute approximate surface area is 96.5 Å². The molecule has 0 aromatic carbocycles. The first kappa shape index (κ1) is 10.3. The predicted octanol–water partition coefficient (Wildman–Crippen LogP) is 2.10. The Balaban J connectivity index is 1.87. The molecule has 3 rings (SSSR count). The Morgan fingerprint density at radius 3 is 2.88 bits per heavy atom. The van der Waals surface area contributed by atoms with Gasteiger partial charge in [-0.05, 0) is 25.7 Å². The number of aromatic nitrogens is 2. The number of aliphatic hydroxyl groups excluding tert-OH is 1. The van der Waals surface area contributed by atoms with Crippen LogP contribution in [0.1, 0.15) is 49.5 Å². The van der Waals surface area contributed by atoms with Crippen LogP contribution >= 0.6 is 0 Å². The van der Waals surface area contributed by atoms with Crippen LogP contribution in [0.2, 0.25) is 0 Å². The van der Waals surface area contributed by atoms with Crippen LogP contribution in [0.15, 0.2) is 6.20 Å². The average molecular weight is 220 g/mol. The van der Waals surface area contributed by atoms with Gasteiger partial charge in [0.25, 0.3) is 0 Å². The van der Waals surface area contributed by atoms with Crippen molar-refractivity contribution in [3.05, 3.63) is 17.7 Å². The molecule has 1 aliphatic heterocycles. The number of fused-ring (bicyclic) bond motifs is 1. The van der Waals surface area contributed by atoms with Crippen LogP contribution in [0, 0.1) is 5.92 Å². The fourth-order valence-corrected chi connectivity index (χ4v) is 3.20. The molecule has 1 aromatic heterocycles. The molecular formula is C13H20N2O. The van der Waals surface area contributed by atoms with Crippen LogP contribution in [0.5, 0.6) is 0 Å². The molecule has 88 valence electrons. The number of rotatable bonds is 2. The first-order valence-corrected chi connectivity index (χ1v) is 6.53. The van der Waals surface area contributed by atoms with Gasteiger partial charge in [-0.1, -0.05) is 12.8 Å². The molecule has 1 aliphatic carbocycles. The molecule has 1 saturated carbocycles. The fourth-order valence-electron chi connectivity index (χ4n) is 3.20. The Kier molecular flexibility index (Phi) is 2.72. The van der Waals surface area contributed by atoms with Gasteiger partial charge in [-0.2, -0.15) is 0 Å². The summed E-state index contributed by atoms with van der Waals surface area (Å²) in [5.41, 5.74) is 1.38. The van der Waals surface area contributed by atoms with E-state index in [4.69, 9.17) is 0 Å². The van der Waals surface area contributed by atoms with Gasteiger partial charge in [-0.25, -0.2) is 4.98 Å². The third-order valence-corrected chi connectivity index (χ3v) is 4.20. The molecule has 16 heavy (non-hydrogen) atoms. The molecule has 1 unspecified atom stereocenters. The van der Waals surface area contributed by atoms with E-state index in [2.05, 4.69) is 15.7 Å². The van der Waals surface area contributed by atoms with Crippen molar-refractivity contribution in [3.63, 3.8) is 0 Å². The van der Waals surface area contributed by atoms with Crippen molar-refractivity contribution >= 4 is 0 Å². The lowest BCUT2D eigenvalue weighted by molar-refractivity contribution is 0.189. The van der Waals surface area contributed by atoms with Gasteiger partial charge in [0.2, 0.25) is 0 Å². The Hall–Kier alpha value is -0.830. The summed E-state index contributed by atoms with van der Waals surface area (Å²) in [6.07, 6.45) is 9.59. The number of aliphatic hydroxyl groups is 1. The lowest BCUT2D eigenvalue weighted by Gasteiger charge is -2.25. The van der Waals surface area contributed by atoms with Crippen LogP contribution in [0.3, 0.4) is 0 Å². The van der Waals surface area contributed by atoms with E-state index in [1.54, 1.807) is 0 Å². The Bertz CT molecular complexity index is 366. The SMILES string of the molecule is OCC1CCc2cnc(C3CCCC3)n2C1. The van der Waals surface area contributed by atoms with E-state index in [0.717, 1.165) is 19.4 Å². The third kappa shape index (κ3) is 1.67. The maximum absolute atomic E-state index is 9.28. The van der Waals surface area contributed by atoms with Gasteiger partial charge in [0.1, 0.15) is 5.82 Å². The lowest BCUT2D eigenvalue weighted by atomic mass is 9.98.